The van der Waals surface area contributed by atoms with E-state index >= 15 is 0 Å². The quantitative estimate of drug-likeness (QED) is 0.644. The van der Waals surface area contributed by atoms with Gasteiger partial charge in [0.15, 0.2) is 0 Å². The molecular formula is C21H22N4O2. The molecule has 1 aromatic carbocycles. The van der Waals surface area contributed by atoms with Crippen molar-refractivity contribution in [1.29, 1.82) is 0 Å². The summed E-state index contributed by atoms with van der Waals surface area (Å²) in [6, 6.07) is 14.6. The van der Waals surface area contributed by atoms with E-state index in [2.05, 4.69) is 20.6 Å². The Morgan fingerprint density at radius 1 is 1.00 bits per heavy atom. The zero-order valence-corrected chi connectivity index (χ0v) is 15.1. The lowest BCUT2D eigenvalue weighted by Gasteiger charge is -2.19. The summed E-state index contributed by atoms with van der Waals surface area (Å²) in [6.45, 7) is 0.967. The van der Waals surface area contributed by atoms with E-state index in [1.807, 2.05) is 48.5 Å². The summed E-state index contributed by atoms with van der Waals surface area (Å²) in [5, 5.41) is 6.31. The number of amides is 1. The Morgan fingerprint density at radius 3 is 2.59 bits per heavy atom. The molecule has 0 bridgehead atoms. The van der Waals surface area contributed by atoms with Gasteiger partial charge in [0, 0.05) is 37.9 Å². The Labute approximate surface area is 158 Å². The molecule has 2 heterocycles. The number of rotatable bonds is 8. The van der Waals surface area contributed by atoms with E-state index < -0.39 is 6.04 Å². The molecular weight excluding hydrogens is 340 g/mol. The standard InChI is InChI=1S/C21H22N4O2/c1-27-19-6-2-5-18(12-19)20(24-14-16-7-10-22-11-8-16)21(26)25-15-17-4-3-9-23-13-17/h2-13,20,24H,14-15H2,1H3,(H,25,26). The zero-order valence-electron chi connectivity index (χ0n) is 15.1. The van der Waals surface area contributed by atoms with Gasteiger partial charge in [0.2, 0.25) is 5.91 Å². The lowest BCUT2D eigenvalue weighted by atomic mass is 10.0. The molecule has 27 heavy (non-hydrogen) atoms. The second-order valence-corrected chi connectivity index (χ2v) is 6.03. The lowest BCUT2D eigenvalue weighted by Crippen LogP contribution is -2.37. The van der Waals surface area contributed by atoms with E-state index in [0.717, 1.165) is 16.7 Å². The fourth-order valence-electron chi connectivity index (χ4n) is 2.70. The third kappa shape index (κ3) is 5.36. The Kier molecular flexibility index (Phi) is 6.49. The minimum Gasteiger partial charge on any atom is -0.497 e. The highest BCUT2D eigenvalue weighted by molar-refractivity contribution is 5.83. The smallest absolute Gasteiger partial charge is 0.242 e. The van der Waals surface area contributed by atoms with E-state index in [9.17, 15) is 4.79 Å². The first-order valence-corrected chi connectivity index (χ1v) is 8.69. The summed E-state index contributed by atoms with van der Waals surface area (Å²) in [4.78, 5) is 21.0. The number of nitrogens with zero attached hydrogens (tertiary/aromatic N) is 2. The first-order chi connectivity index (χ1) is 13.3. The van der Waals surface area contributed by atoms with Crippen LogP contribution < -0.4 is 15.4 Å². The predicted octanol–water partition coefficient (Wildman–Crippen LogP) is 2.63. The minimum absolute atomic E-state index is 0.110. The summed E-state index contributed by atoms with van der Waals surface area (Å²) < 4.78 is 5.30. The van der Waals surface area contributed by atoms with Crippen LogP contribution in [0, 0.1) is 0 Å². The highest BCUT2D eigenvalue weighted by Crippen LogP contribution is 2.20. The topological polar surface area (TPSA) is 76.1 Å². The van der Waals surface area contributed by atoms with Gasteiger partial charge in [0.25, 0.3) is 0 Å². The average molecular weight is 362 g/mol. The van der Waals surface area contributed by atoms with Gasteiger partial charge in [0.05, 0.1) is 7.11 Å². The molecule has 0 radical (unpaired) electrons. The van der Waals surface area contributed by atoms with Crippen molar-refractivity contribution in [2.24, 2.45) is 0 Å². The van der Waals surface area contributed by atoms with Crippen molar-refractivity contribution < 1.29 is 9.53 Å². The van der Waals surface area contributed by atoms with Crippen molar-refractivity contribution in [2.45, 2.75) is 19.1 Å². The van der Waals surface area contributed by atoms with Gasteiger partial charge in [-0.2, -0.15) is 0 Å². The molecule has 0 aliphatic carbocycles. The summed E-state index contributed by atoms with van der Waals surface area (Å²) in [7, 11) is 1.61. The van der Waals surface area contributed by atoms with Crippen molar-refractivity contribution in [3.63, 3.8) is 0 Å². The Bertz CT molecular complexity index is 856. The van der Waals surface area contributed by atoms with Gasteiger partial charge in [-0.1, -0.05) is 18.2 Å². The van der Waals surface area contributed by atoms with E-state index in [4.69, 9.17) is 4.74 Å². The molecule has 0 saturated heterocycles. The van der Waals surface area contributed by atoms with Gasteiger partial charge in [0.1, 0.15) is 11.8 Å². The summed E-state index contributed by atoms with van der Waals surface area (Å²) in [5.41, 5.74) is 2.84. The van der Waals surface area contributed by atoms with Gasteiger partial charge in [-0.3, -0.25) is 20.1 Å². The number of ether oxygens (including phenoxy) is 1. The van der Waals surface area contributed by atoms with Crippen LogP contribution in [0.4, 0.5) is 0 Å². The maximum Gasteiger partial charge on any atom is 0.242 e. The Balaban J connectivity index is 1.74. The highest BCUT2D eigenvalue weighted by Gasteiger charge is 2.20. The number of nitrogens with one attached hydrogen (secondary N) is 2. The minimum atomic E-state index is -0.509. The molecule has 6 nitrogen and oxygen atoms in total. The van der Waals surface area contributed by atoms with Gasteiger partial charge in [-0.05, 0) is 47.0 Å². The van der Waals surface area contributed by atoms with Crippen molar-refractivity contribution >= 4 is 5.91 Å². The number of hydrogen-bond acceptors (Lipinski definition) is 5. The van der Waals surface area contributed by atoms with Crippen molar-refractivity contribution in [3.05, 3.63) is 90.0 Å². The Morgan fingerprint density at radius 2 is 1.85 bits per heavy atom. The molecule has 1 amide bonds. The molecule has 2 N–H and O–H groups in total. The highest BCUT2D eigenvalue weighted by atomic mass is 16.5. The lowest BCUT2D eigenvalue weighted by molar-refractivity contribution is -0.123. The molecule has 3 rings (SSSR count). The number of methoxy groups -OCH3 is 1. The normalized spacial score (nSPS) is 11.6. The number of aromatic nitrogens is 2. The maximum atomic E-state index is 12.9. The number of carbonyl (C=O) groups is 1. The second-order valence-electron chi connectivity index (χ2n) is 6.03. The first-order valence-electron chi connectivity index (χ1n) is 8.69. The molecule has 0 spiro atoms. The molecule has 1 atom stereocenters. The fourth-order valence-corrected chi connectivity index (χ4v) is 2.70. The molecule has 6 heteroatoms. The average Bonchev–Trinajstić information content (AvgIpc) is 2.74. The number of carbonyl (C=O) groups excluding carboxylic acids is 1. The number of benzene rings is 1. The zero-order chi connectivity index (χ0) is 18.9. The van der Waals surface area contributed by atoms with Crippen LogP contribution in [0.15, 0.2) is 73.3 Å². The summed E-state index contributed by atoms with van der Waals surface area (Å²) in [6.07, 6.45) is 6.92. The Hall–Kier alpha value is -3.25. The van der Waals surface area contributed by atoms with Crippen LogP contribution in [0.2, 0.25) is 0 Å². The molecule has 0 fully saturated rings. The van der Waals surface area contributed by atoms with Crippen LogP contribution in [-0.2, 0) is 17.9 Å². The molecule has 2 aromatic heterocycles. The van der Waals surface area contributed by atoms with Gasteiger partial charge in [-0.15, -0.1) is 0 Å². The second kappa shape index (κ2) is 9.45. The maximum absolute atomic E-state index is 12.9. The predicted molar refractivity (Wildman–Crippen MR) is 103 cm³/mol. The molecule has 0 saturated carbocycles. The van der Waals surface area contributed by atoms with Gasteiger partial charge in [-0.25, -0.2) is 0 Å². The van der Waals surface area contributed by atoms with Crippen LogP contribution in [0.1, 0.15) is 22.7 Å². The van der Waals surface area contributed by atoms with E-state index in [0.29, 0.717) is 18.8 Å². The van der Waals surface area contributed by atoms with Crippen LogP contribution in [-0.4, -0.2) is 23.0 Å². The monoisotopic (exact) mass is 362 g/mol. The number of hydrogen-bond donors (Lipinski definition) is 2. The van der Waals surface area contributed by atoms with Crippen molar-refractivity contribution in [2.75, 3.05) is 7.11 Å². The van der Waals surface area contributed by atoms with Crippen LogP contribution >= 0.6 is 0 Å². The SMILES string of the molecule is COc1cccc(C(NCc2ccncc2)C(=O)NCc2cccnc2)c1. The molecule has 0 aliphatic heterocycles. The third-order valence-electron chi connectivity index (χ3n) is 4.14. The van der Waals surface area contributed by atoms with Gasteiger partial charge < -0.3 is 10.1 Å². The number of pyridine rings is 2. The van der Waals surface area contributed by atoms with E-state index in [1.54, 1.807) is 31.9 Å². The summed E-state index contributed by atoms with van der Waals surface area (Å²) in [5.74, 6) is 0.601. The van der Waals surface area contributed by atoms with Gasteiger partial charge >= 0.3 is 0 Å². The first kappa shape index (κ1) is 18.5. The largest absolute Gasteiger partial charge is 0.497 e. The molecule has 138 valence electrons. The van der Waals surface area contributed by atoms with Crippen LogP contribution in [0.5, 0.6) is 5.75 Å². The molecule has 1 unspecified atom stereocenters. The van der Waals surface area contributed by atoms with Crippen molar-refractivity contribution in [1.82, 2.24) is 20.6 Å². The third-order valence-corrected chi connectivity index (χ3v) is 4.14. The van der Waals surface area contributed by atoms with Crippen LogP contribution in [0.25, 0.3) is 0 Å². The molecule has 3 aromatic rings. The fraction of sp³-hybridized carbons (Fsp3) is 0.190. The summed E-state index contributed by atoms with van der Waals surface area (Å²) >= 11 is 0. The van der Waals surface area contributed by atoms with Crippen molar-refractivity contribution in [3.8, 4) is 5.75 Å². The van der Waals surface area contributed by atoms with E-state index in [1.165, 1.54) is 0 Å². The van der Waals surface area contributed by atoms with E-state index in [-0.39, 0.29) is 5.91 Å². The molecule has 0 aliphatic rings. The van der Waals surface area contributed by atoms with Crippen LogP contribution in [0.3, 0.4) is 0 Å².